The van der Waals surface area contributed by atoms with Crippen LogP contribution in [0.2, 0.25) is 0 Å². The molecule has 0 fully saturated rings. The second-order valence-electron chi connectivity index (χ2n) is 8.62. The Morgan fingerprint density at radius 1 is 1.16 bits per heavy atom. The van der Waals surface area contributed by atoms with Crippen LogP contribution >= 0.6 is 0 Å². The number of rotatable bonds is 8. The summed E-state index contributed by atoms with van der Waals surface area (Å²) in [5.74, 6) is -1.19. The van der Waals surface area contributed by atoms with E-state index in [0.29, 0.717) is 18.1 Å². The maximum atomic E-state index is 14.5. The summed E-state index contributed by atoms with van der Waals surface area (Å²) >= 11 is 0. The molecule has 5 nitrogen and oxygen atoms in total. The van der Waals surface area contributed by atoms with Crippen LogP contribution in [0.3, 0.4) is 0 Å². The van der Waals surface area contributed by atoms with Gasteiger partial charge in [0.15, 0.2) is 0 Å². The summed E-state index contributed by atoms with van der Waals surface area (Å²) in [6.07, 6.45) is 1.73. The molecule has 0 spiro atoms. The Kier molecular flexibility index (Phi) is 6.85. The van der Waals surface area contributed by atoms with E-state index in [0.717, 1.165) is 23.8 Å². The van der Waals surface area contributed by atoms with E-state index < -0.39 is 17.5 Å². The first-order chi connectivity index (χ1) is 14.6. The van der Waals surface area contributed by atoms with Crippen LogP contribution in [0.15, 0.2) is 54.7 Å². The number of aromatic nitrogens is 2. The van der Waals surface area contributed by atoms with Crippen LogP contribution in [0.1, 0.15) is 38.1 Å². The Bertz CT molecular complexity index is 1040. The Hall–Kier alpha value is -3.06. The number of carbonyl (C=O) groups excluding carboxylic acids is 1. The van der Waals surface area contributed by atoms with Crippen molar-refractivity contribution in [1.29, 1.82) is 0 Å². The fraction of sp³-hybridized carbons (Fsp3) is 0.333. The molecule has 3 rings (SSSR count). The SMILES string of the molecule is CC(C)(C)[C@@H](COCC(N)=O)c1nc(-c2cc(F)ccc2F)cn1Cc1ccccc1. The van der Waals surface area contributed by atoms with Crippen molar-refractivity contribution in [2.45, 2.75) is 33.2 Å². The third-order valence-corrected chi connectivity index (χ3v) is 5.09. The number of nitrogens with two attached hydrogens (primary N) is 1. The van der Waals surface area contributed by atoms with Crippen molar-refractivity contribution in [3.8, 4) is 11.3 Å². The number of imidazole rings is 1. The van der Waals surface area contributed by atoms with Gasteiger partial charge >= 0.3 is 0 Å². The van der Waals surface area contributed by atoms with Gasteiger partial charge in [0.05, 0.1) is 12.3 Å². The second-order valence-corrected chi connectivity index (χ2v) is 8.62. The van der Waals surface area contributed by atoms with Crippen LogP contribution < -0.4 is 5.73 Å². The van der Waals surface area contributed by atoms with Crippen molar-refractivity contribution in [2.75, 3.05) is 13.2 Å². The lowest BCUT2D eigenvalue weighted by atomic mass is 9.80. The molecule has 0 aliphatic carbocycles. The summed E-state index contributed by atoms with van der Waals surface area (Å²) in [4.78, 5) is 15.8. The van der Waals surface area contributed by atoms with Gasteiger partial charge in [0, 0.05) is 24.2 Å². The summed E-state index contributed by atoms with van der Waals surface area (Å²) in [5.41, 5.74) is 6.40. The van der Waals surface area contributed by atoms with E-state index in [2.05, 4.69) is 0 Å². The zero-order valence-corrected chi connectivity index (χ0v) is 17.9. The lowest BCUT2D eigenvalue weighted by Crippen LogP contribution is -2.28. The Morgan fingerprint density at radius 2 is 1.87 bits per heavy atom. The number of carbonyl (C=O) groups is 1. The predicted molar refractivity (Wildman–Crippen MR) is 115 cm³/mol. The molecule has 0 radical (unpaired) electrons. The number of hydrogen-bond donors (Lipinski definition) is 1. The van der Waals surface area contributed by atoms with Gasteiger partial charge in [-0.1, -0.05) is 51.1 Å². The molecule has 0 aliphatic rings. The molecule has 2 N–H and O–H groups in total. The molecule has 31 heavy (non-hydrogen) atoms. The average Bonchev–Trinajstić information content (AvgIpc) is 3.09. The maximum Gasteiger partial charge on any atom is 0.243 e. The van der Waals surface area contributed by atoms with E-state index in [1.165, 1.54) is 0 Å². The first-order valence-corrected chi connectivity index (χ1v) is 10.1. The minimum absolute atomic E-state index is 0.0961. The summed E-state index contributed by atoms with van der Waals surface area (Å²) in [5, 5.41) is 0. The van der Waals surface area contributed by atoms with Gasteiger partial charge in [-0.2, -0.15) is 0 Å². The standard InChI is InChI=1S/C24H27F2N3O2/c1-24(2,3)19(14-31-15-22(27)30)23-28-21(18-11-17(25)9-10-20(18)26)13-29(23)12-16-7-5-4-6-8-16/h4-11,13,19H,12,14-15H2,1-3H3,(H2,27,30)/t19-/m0/s1. The van der Waals surface area contributed by atoms with E-state index in [-0.39, 0.29) is 30.1 Å². The maximum absolute atomic E-state index is 14.5. The van der Waals surface area contributed by atoms with Crippen LogP contribution in [0.4, 0.5) is 8.78 Å². The third-order valence-electron chi connectivity index (χ3n) is 5.09. The molecule has 0 unspecified atom stereocenters. The third kappa shape index (κ3) is 5.76. The summed E-state index contributed by atoms with van der Waals surface area (Å²) < 4.78 is 35.7. The first-order valence-electron chi connectivity index (χ1n) is 10.1. The second kappa shape index (κ2) is 9.39. The minimum atomic E-state index is -0.553. The van der Waals surface area contributed by atoms with Gasteiger partial charge in [0.2, 0.25) is 5.91 Å². The summed E-state index contributed by atoms with van der Waals surface area (Å²) in [6.45, 7) is 6.63. The van der Waals surface area contributed by atoms with E-state index in [1.807, 2.05) is 55.7 Å². The molecule has 1 amide bonds. The number of benzene rings is 2. The topological polar surface area (TPSA) is 70.1 Å². The van der Waals surface area contributed by atoms with Gasteiger partial charge in [0.25, 0.3) is 0 Å². The van der Waals surface area contributed by atoms with Gasteiger partial charge in [-0.15, -0.1) is 0 Å². The number of halogens is 2. The molecule has 0 aliphatic heterocycles. The molecule has 164 valence electrons. The Labute approximate surface area is 180 Å². The van der Waals surface area contributed by atoms with Gasteiger partial charge in [-0.25, -0.2) is 13.8 Å². The number of ether oxygens (including phenoxy) is 1. The van der Waals surface area contributed by atoms with Crippen LogP contribution in [0.5, 0.6) is 0 Å². The predicted octanol–water partition coefficient (Wildman–Crippen LogP) is 4.51. The van der Waals surface area contributed by atoms with Crippen LogP contribution in [0.25, 0.3) is 11.3 Å². The number of primary amides is 1. The smallest absolute Gasteiger partial charge is 0.243 e. The first kappa shape index (κ1) is 22.6. The largest absolute Gasteiger partial charge is 0.371 e. The average molecular weight is 427 g/mol. The number of nitrogens with zero attached hydrogens (tertiary/aromatic N) is 2. The fourth-order valence-electron chi connectivity index (χ4n) is 3.43. The van der Waals surface area contributed by atoms with E-state index in [9.17, 15) is 13.6 Å². The molecular weight excluding hydrogens is 400 g/mol. The Balaban J connectivity index is 2.07. The molecule has 0 saturated heterocycles. The van der Waals surface area contributed by atoms with Gasteiger partial charge in [-0.3, -0.25) is 4.79 Å². The number of hydrogen-bond acceptors (Lipinski definition) is 3. The summed E-state index contributed by atoms with van der Waals surface area (Å²) in [6, 6.07) is 13.1. The molecule has 1 aromatic heterocycles. The molecule has 7 heteroatoms. The zero-order valence-electron chi connectivity index (χ0n) is 17.9. The van der Waals surface area contributed by atoms with Gasteiger partial charge < -0.3 is 15.0 Å². The Morgan fingerprint density at radius 3 is 2.52 bits per heavy atom. The molecule has 0 bridgehead atoms. The van der Waals surface area contributed by atoms with Crippen molar-refractivity contribution >= 4 is 5.91 Å². The van der Waals surface area contributed by atoms with Crippen LogP contribution in [-0.4, -0.2) is 28.7 Å². The minimum Gasteiger partial charge on any atom is -0.371 e. The summed E-state index contributed by atoms with van der Waals surface area (Å²) in [7, 11) is 0. The highest BCUT2D eigenvalue weighted by Gasteiger charge is 2.31. The highest BCUT2D eigenvalue weighted by atomic mass is 19.1. The quantitative estimate of drug-likeness (QED) is 0.575. The molecule has 3 aromatic rings. The van der Waals surface area contributed by atoms with Crippen molar-refractivity contribution in [3.05, 3.63) is 77.8 Å². The van der Waals surface area contributed by atoms with Gasteiger partial charge in [0.1, 0.15) is 24.1 Å². The molecular formula is C24H27F2N3O2. The van der Waals surface area contributed by atoms with Crippen molar-refractivity contribution in [1.82, 2.24) is 9.55 Å². The highest BCUT2D eigenvalue weighted by molar-refractivity contribution is 5.75. The lowest BCUT2D eigenvalue weighted by molar-refractivity contribution is -0.123. The van der Waals surface area contributed by atoms with E-state index >= 15 is 0 Å². The van der Waals surface area contributed by atoms with Crippen LogP contribution in [0, 0.1) is 17.0 Å². The fourth-order valence-corrected chi connectivity index (χ4v) is 3.43. The molecule has 1 heterocycles. The zero-order chi connectivity index (χ0) is 22.6. The monoisotopic (exact) mass is 427 g/mol. The number of amides is 1. The van der Waals surface area contributed by atoms with Crippen molar-refractivity contribution in [2.24, 2.45) is 11.1 Å². The normalized spacial score (nSPS) is 12.7. The molecule has 0 saturated carbocycles. The van der Waals surface area contributed by atoms with Crippen molar-refractivity contribution < 1.29 is 18.3 Å². The highest BCUT2D eigenvalue weighted by Crippen LogP contribution is 2.37. The molecule has 2 aromatic carbocycles. The lowest BCUT2D eigenvalue weighted by Gasteiger charge is -2.30. The van der Waals surface area contributed by atoms with E-state index in [4.69, 9.17) is 15.5 Å². The van der Waals surface area contributed by atoms with Crippen LogP contribution in [-0.2, 0) is 16.1 Å². The molecule has 1 atom stereocenters. The van der Waals surface area contributed by atoms with Gasteiger partial charge in [-0.05, 0) is 29.2 Å². The van der Waals surface area contributed by atoms with Crippen molar-refractivity contribution in [3.63, 3.8) is 0 Å². The van der Waals surface area contributed by atoms with E-state index in [1.54, 1.807) is 6.20 Å².